The Balaban J connectivity index is 1.66. The third-order valence-corrected chi connectivity index (χ3v) is 5.36. The molecule has 0 radical (unpaired) electrons. The molecule has 0 bridgehead atoms. The predicted octanol–water partition coefficient (Wildman–Crippen LogP) is 2.52. The standard InChI is InChI=1S/C17H22N4OS/c1-12(14-4-7-18-8-5-14)21(2)17(22)15-11-23-16(20-15)9-13-3-6-19-10-13/h4-5,7-8,11-13,19H,3,6,9-10H2,1-2H3. The zero-order valence-corrected chi connectivity index (χ0v) is 14.3. The van der Waals surface area contributed by atoms with E-state index in [2.05, 4.69) is 15.3 Å². The first kappa shape index (κ1) is 16.1. The molecule has 122 valence electrons. The molecule has 2 aromatic heterocycles. The Bertz CT molecular complexity index is 652. The van der Waals surface area contributed by atoms with Crippen molar-refractivity contribution in [2.45, 2.75) is 25.8 Å². The van der Waals surface area contributed by atoms with Crippen molar-refractivity contribution in [1.82, 2.24) is 20.2 Å². The highest BCUT2D eigenvalue weighted by Crippen LogP contribution is 2.22. The molecule has 3 rings (SSSR count). The van der Waals surface area contributed by atoms with Gasteiger partial charge in [0.1, 0.15) is 5.69 Å². The fraction of sp³-hybridized carbons (Fsp3) is 0.471. The van der Waals surface area contributed by atoms with E-state index in [0.717, 1.165) is 30.1 Å². The number of hydrogen-bond acceptors (Lipinski definition) is 5. The number of thiazole rings is 1. The third kappa shape index (κ3) is 3.76. The van der Waals surface area contributed by atoms with Gasteiger partial charge in [0.2, 0.25) is 0 Å². The van der Waals surface area contributed by atoms with Crippen molar-refractivity contribution in [2.24, 2.45) is 5.92 Å². The minimum atomic E-state index is -0.0265. The summed E-state index contributed by atoms with van der Waals surface area (Å²) in [5.41, 5.74) is 1.63. The van der Waals surface area contributed by atoms with E-state index in [1.807, 2.05) is 31.5 Å². The van der Waals surface area contributed by atoms with Gasteiger partial charge in [-0.3, -0.25) is 9.78 Å². The second kappa shape index (κ2) is 7.19. The molecule has 3 heterocycles. The number of carbonyl (C=O) groups excluding carboxylic acids is 1. The second-order valence-corrected chi connectivity index (χ2v) is 7.00. The van der Waals surface area contributed by atoms with E-state index >= 15 is 0 Å². The maximum Gasteiger partial charge on any atom is 0.273 e. The number of pyridine rings is 1. The van der Waals surface area contributed by atoms with Crippen molar-refractivity contribution >= 4 is 17.2 Å². The van der Waals surface area contributed by atoms with E-state index in [4.69, 9.17) is 0 Å². The Kier molecular flexibility index (Phi) is 5.03. The molecule has 2 aromatic rings. The number of aromatic nitrogens is 2. The Morgan fingerprint density at radius 1 is 1.48 bits per heavy atom. The minimum Gasteiger partial charge on any atom is -0.334 e. The van der Waals surface area contributed by atoms with Gasteiger partial charge in [-0.25, -0.2) is 4.98 Å². The van der Waals surface area contributed by atoms with Crippen LogP contribution in [-0.2, 0) is 6.42 Å². The SMILES string of the molecule is CC(c1ccncc1)N(C)C(=O)c1csc(CC2CCNC2)n1. The van der Waals surface area contributed by atoms with Crippen LogP contribution < -0.4 is 5.32 Å². The van der Waals surface area contributed by atoms with Gasteiger partial charge in [0, 0.05) is 31.2 Å². The van der Waals surface area contributed by atoms with Crippen LogP contribution in [0.2, 0.25) is 0 Å². The van der Waals surface area contributed by atoms with Gasteiger partial charge in [-0.1, -0.05) is 0 Å². The quantitative estimate of drug-likeness (QED) is 0.915. The molecule has 1 saturated heterocycles. The van der Waals surface area contributed by atoms with Crippen molar-refractivity contribution < 1.29 is 4.79 Å². The van der Waals surface area contributed by atoms with E-state index in [0.29, 0.717) is 11.6 Å². The average molecular weight is 330 g/mol. The van der Waals surface area contributed by atoms with Crippen molar-refractivity contribution in [3.63, 3.8) is 0 Å². The average Bonchev–Trinajstić information content (AvgIpc) is 3.26. The van der Waals surface area contributed by atoms with Crippen LogP contribution >= 0.6 is 11.3 Å². The summed E-state index contributed by atoms with van der Waals surface area (Å²) in [6.45, 7) is 4.17. The highest BCUT2D eigenvalue weighted by atomic mass is 32.1. The molecule has 2 unspecified atom stereocenters. The van der Waals surface area contributed by atoms with Crippen molar-refractivity contribution in [3.8, 4) is 0 Å². The van der Waals surface area contributed by atoms with Gasteiger partial charge in [0.15, 0.2) is 0 Å². The summed E-state index contributed by atoms with van der Waals surface area (Å²) in [6, 6.07) is 3.87. The highest BCUT2D eigenvalue weighted by Gasteiger charge is 2.22. The zero-order chi connectivity index (χ0) is 16.2. The van der Waals surface area contributed by atoms with E-state index in [-0.39, 0.29) is 11.9 Å². The van der Waals surface area contributed by atoms with Gasteiger partial charge in [-0.15, -0.1) is 11.3 Å². The first-order valence-electron chi connectivity index (χ1n) is 7.97. The Morgan fingerprint density at radius 2 is 2.26 bits per heavy atom. The van der Waals surface area contributed by atoms with E-state index < -0.39 is 0 Å². The van der Waals surface area contributed by atoms with E-state index in [1.54, 1.807) is 28.6 Å². The number of rotatable bonds is 5. The number of amides is 1. The molecule has 0 spiro atoms. The van der Waals surface area contributed by atoms with E-state index in [9.17, 15) is 4.79 Å². The molecule has 0 aliphatic carbocycles. The third-order valence-electron chi connectivity index (χ3n) is 4.49. The molecule has 1 aliphatic heterocycles. The van der Waals surface area contributed by atoms with Crippen LogP contribution in [0.4, 0.5) is 0 Å². The van der Waals surface area contributed by atoms with Crippen LogP contribution in [0.1, 0.15) is 40.4 Å². The molecule has 1 fully saturated rings. The van der Waals surface area contributed by atoms with E-state index in [1.165, 1.54) is 6.42 Å². The number of carbonyl (C=O) groups is 1. The molecule has 1 N–H and O–H groups in total. The lowest BCUT2D eigenvalue weighted by Crippen LogP contribution is -2.30. The topological polar surface area (TPSA) is 58.1 Å². The molecule has 5 nitrogen and oxygen atoms in total. The first-order chi connectivity index (χ1) is 11.1. The minimum absolute atomic E-state index is 0.00492. The van der Waals surface area contributed by atoms with Crippen LogP contribution in [0.3, 0.4) is 0 Å². The molecular weight excluding hydrogens is 308 g/mol. The van der Waals surface area contributed by atoms with Gasteiger partial charge in [-0.05, 0) is 50.0 Å². The molecule has 0 aromatic carbocycles. The fourth-order valence-electron chi connectivity index (χ4n) is 2.86. The van der Waals surface area contributed by atoms with Gasteiger partial charge in [-0.2, -0.15) is 0 Å². The van der Waals surface area contributed by atoms with Crippen molar-refractivity contribution in [2.75, 3.05) is 20.1 Å². The first-order valence-corrected chi connectivity index (χ1v) is 8.85. The zero-order valence-electron chi connectivity index (χ0n) is 13.5. The lowest BCUT2D eigenvalue weighted by atomic mass is 10.1. The maximum absolute atomic E-state index is 12.7. The fourth-order valence-corrected chi connectivity index (χ4v) is 3.74. The molecule has 0 saturated carbocycles. The molecule has 1 amide bonds. The normalized spacial score (nSPS) is 18.8. The van der Waals surface area contributed by atoms with Crippen molar-refractivity contribution in [3.05, 3.63) is 46.2 Å². The number of nitrogens with zero attached hydrogens (tertiary/aromatic N) is 3. The molecule has 6 heteroatoms. The van der Waals surface area contributed by atoms with Crippen LogP contribution in [0, 0.1) is 5.92 Å². The largest absolute Gasteiger partial charge is 0.334 e. The summed E-state index contributed by atoms with van der Waals surface area (Å²) in [7, 11) is 1.83. The molecule has 1 aliphatic rings. The molecule has 2 atom stereocenters. The van der Waals surface area contributed by atoms with Gasteiger partial charge in [0.05, 0.1) is 11.0 Å². The summed E-state index contributed by atoms with van der Waals surface area (Å²) < 4.78 is 0. The highest BCUT2D eigenvalue weighted by molar-refractivity contribution is 7.09. The number of nitrogens with one attached hydrogen (secondary N) is 1. The smallest absolute Gasteiger partial charge is 0.273 e. The van der Waals surface area contributed by atoms with Crippen LogP contribution in [0.5, 0.6) is 0 Å². The monoisotopic (exact) mass is 330 g/mol. The summed E-state index contributed by atoms with van der Waals surface area (Å²) in [5, 5.41) is 6.32. The Hall–Kier alpha value is -1.79. The van der Waals surface area contributed by atoms with Crippen LogP contribution in [0.25, 0.3) is 0 Å². The van der Waals surface area contributed by atoms with Gasteiger partial charge < -0.3 is 10.2 Å². The lowest BCUT2D eigenvalue weighted by molar-refractivity contribution is 0.0737. The maximum atomic E-state index is 12.7. The van der Waals surface area contributed by atoms with Crippen molar-refractivity contribution in [1.29, 1.82) is 0 Å². The summed E-state index contributed by atoms with van der Waals surface area (Å²) >= 11 is 1.59. The summed E-state index contributed by atoms with van der Waals surface area (Å²) in [4.78, 5) is 23.0. The second-order valence-electron chi connectivity index (χ2n) is 6.06. The summed E-state index contributed by atoms with van der Waals surface area (Å²) in [6.07, 6.45) is 5.66. The molecule has 23 heavy (non-hydrogen) atoms. The van der Waals surface area contributed by atoms with Crippen LogP contribution in [0.15, 0.2) is 29.9 Å². The number of hydrogen-bond donors (Lipinski definition) is 1. The Labute approximate surface area is 140 Å². The van der Waals surface area contributed by atoms with Gasteiger partial charge in [0.25, 0.3) is 5.91 Å². The Morgan fingerprint density at radius 3 is 2.96 bits per heavy atom. The predicted molar refractivity (Wildman–Crippen MR) is 91.5 cm³/mol. The summed E-state index contributed by atoms with van der Waals surface area (Å²) in [5.74, 6) is 0.624. The van der Waals surface area contributed by atoms with Gasteiger partial charge >= 0.3 is 0 Å². The van der Waals surface area contributed by atoms with Crippen LogP contribution in [-0.4, -0.2) is 40.9 Å². The lowest BCUT2D eigenvalue weighted by Gasteiger charge is -2.24. The molecular formula is C17H22N4OS.